The van der Waals surface area contributed by atoms with E-state index in [1.165, 1.54) is 11.0 Å². The van der Waals surface area contributed by atoms with Crippen LogP contribution in [0.1, 0.15) is 23.1 Å². The molecule has 0 spiro atoms. The molecule has 0 saturated heterocycles. The first-order valence-corrected chi connectivity index (χ1v) is 5.57. The lowest BCUT2D eigenvalue weighted by Crippen LogP contribution is -2.14. The van der Waals surface area contributed by atoms with Crippen molar-refractivity contribution >= 4 is 5.78 Å². The number of Topliss-reactive ketones (excluding diaryl/α,β-unsaturated/α-hetero) is 1. The number of carbonyl (C=O) groups excluding carboxylic acids is 1. The van der Waals surface area contributed by atoms with Crippen LogP contribution in [0.3, 0.4) is 0 Å². The van der Waals surface area contributed by atoms with Crippen molar-refractivity contribution in [1.82, 2.24) is 14.8 Å². The van der Waals surface area contributed by atoms with E-state index in [0.717, 1.165) is 0 Å². The number of benzene rings is 1. The lowest BCUT2D eigenvalue weighted by Gasteiger charge is -2.05. The highest BCUT2D eigenvalue weighted by Gasteiger charge is 2.20. The van der Waals surface area contributed by atoms with E-state index in [0.29, 0.717) is 24.5 Å². The molecule has 0 saturated carbocycles. The van der Waals surface area contributed by atoms with Crippen LogP contribution in [0, 0.1) is 17.5 Å². The van der Waals surface area contributed by atoms with Crippen molar-refractivity contribution in [3.05, 3.63) is 47.3 Å². The second kappa shape index (κ2) is 5.21. The Morgan fingerprint density at radius 2 is 1.89 bits per heavy atom. The predicted molar refractivity (Wildman–Crippen MR) is 60.0 cm³/mol. The Kier molecular flexibility index (Phi) is 3.64. The van der Waals surface area contributed by atoms with Gasteiger partial charge in [-0.3, -0.25) is 4.79 Å². The molecule has 0 unspecified atom stereocenters. The summed E-state index contributed by atoms with van der Waals surface area (Å²) in [5.41, 5.74) is -0.757. The second-order valence-corrected chi connectivity index (χ2v) is 3.84. The molecule has 100 valence electrons. The Morgan fingerprint density at radius 1 is 1.26 bits per heavy atom. The number of aromatic nitrogens is 3. The first kappa shape index (κ1) is 13.3. The third-order valence-electron chi connectivity index (χ3n) is 2.60. The maximum absolute atomic E-state index is 13.4. The lowest BCUT2D eigenvalue weighted by molar-refractivity contribution is 0.0981. The number of ketones is 1. The topological polar surface area (TPSA) is 47.8 Å². The normalized spacial score (nSPS) is 10.7. The first-order chi connectivity index (χ1) is 9.02. The molecule has 0 fully saturated rings. The van der Waals surface area contributed by atoms with Crippen molar-refractivity contribution < 1.29 is 18.0 Å². The quantitative estimate of drug-likeness (QED) is 0.799. The number of hydrogen-bond acceptors (Lipinski definition) is 3. The fraction of sp³-hybridized carbons (Fsp3) is 0.250. The van der Waals surface area contributed by atoms with Crippen molar-refractivity contribution in [3.63, 3.8) is 0 Å². The van der Waals surface area contributed by atoms with Crippen molar-refractivity contribution in [3.8, 4) is 0 Å². The second-order valence-electron chi connectivity index (χ2n) is 3.84. The number of nitrogens with zero attached hydrogens (tertiary/aromatic N) is 3. The van der Waals surface area contributed by atoms with Gasteiger partial charge in [-0.05, 0) is 6.92 Å². The van der Waals surface area contributed by atoms with Gasteiger partial charge in [0.1, 0.15) is 29.6 Å². The zero-order valence-electron chi connectivity index (χ0n) is 10.0. The minimum Gasteiger partial charge on any atom is -0.293 e. The largest absolute Gasteiger partial charge is 0.293 e. The summed E-state index contributed by atoms with van der Waals surface area (Å²) in [6, 6.07) is 0.946. The van der Waals surface area contributed by atoms with Crippen molar-refractivity contribution in [2.45, 2.75) is 19.9 Å². The van der Waals surface area contributed by atoms with Crippen LogP contribution in [-0.2, 0) is 13.0 Å². The van der Waals surface area contributed by atoms with E-state index in [9.17, 15) is 18.0 Å². The fourth-order valence-corrected chi connectivity index (χ4v) is 1.73. The average molecular weight is 269 g/mol. The summed E-state index contributed by atoms with van der Waals surface area (Å²) in [4.78, 5) is 15.7. The third kappa shape index (κ3) is 2.64. The molecule has 0 aliphatic carbocycles. The molecule has 7 heteroatoms. The molecule has 0 aliphatic heterocycles. The average Bonchev–Trinajstić information content (AvgIpc) is 2.74. The maximum atomic E-state index is 13.4. The van der Waals surface area contributed by atoms with Gasteiger partial charge in [0.05, 0.1) is 12.0 Å². The highest BCUT2D eigenvalue weighted by Crippen LogP contribution is 2.16. The molecule has 1 heterocycles. The van der Waals surface area contributed by atoms with Gasteiger partial charge in [-0.1, -0.05) is 0 Å². The van der Waals surface area contributed by atoms with Crippen LogP contribution < -0.4 is 0 Å². The molecule has 2 aromatic rings. The minimum absolute atomic E-state index is 0.298. The summed E-state index contributed by atoms with van der Waals surface area (Å²) >= 11 is 0. The van der Waals surface area contributed by atoms with Crippen LogP contribution in [0.2, 0.25) is 0 Å². The molecule has 0 radical (unpaired) electrons. The standard InChI is InChI=1S/C12H10F3N3O/c1-2-18-11(16-6-17-18)5-10(19)12-8(14)3-7(13)4-9(12)15/h3-4,6H,2,5H2,1H3. The Morgan fingerprint density at radius 3 is 2.47 bits per heavy atom. The van der Waals surface area contributed by atoms with Crippen LogP contribution in [0.15, 0.2) is 18.5 Å². The van der Waals surface area contributed by atoms with Gasteiger partial charge in [0.25, 0.3) is 0 Å². The van der Waals surface area contributed by atoms with Crippen molar-refractivity contribution in [2.75, 3.05) is 0 Å². The van der Waals surface area contributed by atoms with Crippen LogP contribution in [0.4, 0.5) is 13.2 Å². The summed E-state index contributed by atoms with van der Waals surface area (Å²) in [6.45, 7) is 2.28. The molecule has 0 bridgehead atoms. The predicted octanol–water partition coefficient (Wildman–Crippen LogP) is 2.14. The molecule has 0 N–H and O–H groups in total. The third-order valence-corrected chi connectivity index (χ3v) is 2.60. The lowest BCUT2D eigenvalue weighted by atomic mass is 10.1. The molecule has 1 aromatic heterocycles. The molecular weight excluding hydrogens is 259 g/mol. The Balaban J connectivity index is 2.31. The number of aryl methyl sites for hydroxylation is 1. The first-order valence-electron chi connectivity index (χ1n) is 5.57. The summed E-state index contributed by atoms with van der Waals surface area (Å²) in [7, 11) is 0. The van der Waals surface area contributed by atoms with Gasteiger partial charge in [-0.15, -0.1) is 0 Å². The number of rotatable bonds is 4. The Hall–Kier alpha value is -2.18. The zero-order valence-corrected chi connectivity index (χ0v) is 10.0. The number of halogens is 3. The van der Waals surface area contributed by atoms with Gasteiger partial charge in [-0.25, -0.2) is 22.8 Å². The van der Waals surface area contributed by atoms with E-state index >= 15 is 0 Å². The molecule has 2 rings (SSSR count). The molecule has 0 amide bonds. The van der Waals surface area contributed by atoms with Gasteiger partial charge in [-0.2, -0.15) is 5.10 Å². The smallest absolute Gasteiger partial charge is 0.176 e. The van der Waals surface area contributed by atoms with Gasteiger partial charge in [0.15, 0.2) is 5.78 Å². The molecular formula is C12H10F3N3O. The maximum Gasteiger partial charge on any atom is 0.176 e. The number of hydrogen-bond donors (Lipinski definition) is 0. The Bertz CT molecular complexity index is 601. The summed E-state index contributed by atoms with van der Waals surface area (Å²) < 4.78 is 41.0. The van der Waals surface area contributed by atoms with E-state index in [-0.39, 0.29) is 6.42 Å². The zero-order chi connectivity index (χ0) is 14.0. The number of carbonyl (C=O) groups is 1. The SMILES string of the molecule is CCn1ncnc1CC(=O)c1c(F)cc(F)cc1F. The Labute approximate surface area is 106 Å². The highest BCUT2D eigenvalue weighted by atomic mass is 19.1. The van der Waals surface area contributed by atoms with Crippen LogP contribution in [0.5, 0.6) is 0 Å². The molecule has 0 atom stereocenters. The van der Waals surface area contributed by atoms with E-state index < -0.39 is 28.8 Å². The molecule has 4 nitrogen and oxygen atoms in total. The van der Waals surface area contributed by atoms with Crippen LogP contribution in [-0.4, -0.2) is 20.5 Å². The summed E-state index contributed by atoms with van der Waals surface area (Å²) in [5, 5.41) is 3.85. The minimum atomic E-state index is -1.22. The van der Waals surface area contributed by atoms with Crippen LogP contribution in [0.25, 0.3) is 0 Å². The van der Waals surface area contributed by atoms with E-state index in [1.54, 1.807) is 6.92 Å². The van der Waals surface area contributed by atoms with Crippen molar-refractivity contribution in [1.29, 1.82) is 0 Å². The molecule has 19 heavy (non-hydrogen) atoms. The molecule has 0 aliphatic rings. The van der Waals surface area contributed by atoms with E-state index in [2.05, 4.69) is 10.1 Å². The van der Waals surface area contributed by atoms with Gasteiger partial charge in [0.2, 0.25) is 0 Å². The van der Waals surface area contributed by atoms with E-state index in [1.807, 2.05) is 0 Å². The van der Waals surface area contributed by atoms with E-state index in [4.69, 9.17) is 0 Å². The summed E-state index contributed by atoms with van der Waals surface area (Å²) in [6.07, 6.45) is 0.955. The highest BCUT2D eigenvalue weighted by molar-refractivity contribution is 5.97. The van der Waals surface area contributed by atoms with Gasteiger partial charge < -0.3 is 0 Å². The monoisotopic (exact) mass is 269 g/mol. The van der Waals surface area contributed by atoms with Gasteiger partial charge >= 0.3 is 0 Å². The molecule has 1 aromatic carbocycles. The van der Waals surface area contributed by atoms with Crippen molar-refractivity contribution in [2.24, 2.45) is 0 Å². The van der Waals surface area contributed by atoms with Crippen LogP contribution >= 0.6 is 0 Å². The summed E-state index contributed by atoms with van der Waals surface area (Å²) in [5.74, 6) is -4.01. The fourth-order valence-electron chi connectivity index (χ4n) is 1.73. The van der Waals surface area contributed by atoms with Gasteiger partial charge in [0, 0.05) is 18.7 Å².